The summed E-state index contributed by atoms with van der Waals surface area (Å²) in [5, 5.41) is 17.4. The Hall–Kier alpha value is -4.12. The third kappa shape index (κ3) is 2.86. The molecule has 3 aliphatic heterocycles. The maximum atomic E-state index is 13.8. The predicted octanol–water partition coefficient (Wildman–Crippen LogP) is 1.09. The van der Waals surface area contributed by atoms with Crippen LogP contribution in [-0.4, -0.2) is 34.6 Å². The lowest BCUT2D eigenvalue weighted by molar-refractivity contribution is -0.385. The summed E-state index contributed by atoms with van der Waals surface area (Å²) >= 11 is 0. The molecule has 2 fully saturated rings. The van der Waals surface area contributed by atoms with Gasteiger partial charge in [0.25, 0.3) is 5.69 Å². The number of nitrogens with zero attached hydrogens (tertiary/aromatic N) is 2. The van der Waals surface area contributed by atoms with E-state index in [9.17, 15) is 29.3 Å². The molecule has 0 aromatic heterocycles. The summed E-state index contributed by atoms with van der Waals surface area (Å²) in [6.45, 7) is 1.56. The molecule has 2 aromatic rings. The number of anilines is 2. The number of aryl methyl sites for hydroxylation is 1. The Bertz CT molecular complexity index is 1290. The fourth-order valence-electron chi connectivity index (χ4n) is 5.49. The first-order valence-electron chi connectivity index (χ1n) is 10.8. The van der Waals surface area contributed by atoms with Crippen molar-refractivity contribution in [3.63, 3.8) is 0 Å². The maximum Gasteiger partial charge on any atom is 0.274 e. The van der Waals surface area contributed by atoms with Crippen LogP contribution < -0.4 is 21.3 Å². The van der Waals surface area contributed by atoms with Crippen LogP contribution in [0.25, 0.3) is 0 Å². The molecule has 2 saturated heterocycles. The fourth-order valence-corrected chi connectivity index (χ4v) is 5.49. The largest absolute Gasteiger partial charge is 0.370 e. The summed E-state index contributed by atoms with van der Waals surface area (Å²) < 4.78 is 0. The van der Waals surface area contributed by atoms with Crippen molar-refractivity contribution in [3.05, 3.63) is 63.7 Å². The van der Waals surface area contributed by atoms with Crippen molar-refractivity contribution < 1.29 is 24.1 Å². The minimum Gasteiger partial charge on any atom is -0.370 e. The number of fused-ring (bicyclic) bond motifs is 4. The summed E-state index contributed by atoms with van der Waals surface area (Å²) in [6, 6.07) is 10.3. The second-order valence-corrected chi connectivity index (χ2v) is 8.81. The SMILES string of the molecule is Cc1ccc(N2C(=O)[C@@H]3[C@H](CCC(N)=O)N[C@]4(C(=O)Nc5ccccc54)[C@@H]3C2=O)cc1[N+](=O)[O-]. The van der Waals surface area contributed by atoms with Crippen molar-refractivity contribution in [1.82, 2.24) is 5.32 Å². The quantitative estimate of drug-likeness (QED) is 0.339. The van der Waals surface area contributed by atoms with Crippen LogP contribution in [0.2, 0.25) is 0 Å². The van der Waals surface area contributed by atoms with Crippen LogP contribution in [-0.2, 0) is 24.7 Å². The van der Waals surface area contributed by atoms with Crippen LogP contribution in [0.3, 0.4) is 0 Å². The Labute approximate surface area is 193 Å². The molecule has 0 radical (unpaired) electrons. The zero-order valence-corrected chi connectivity index (χ0v) is 18.1. The molecule has 3 aliphatic rings. The zero-order valence-electron chi connectivity index (χ0n) is 18.1. The van der Waals surface area contributed by atoms with Crippen LogP contribution in [0.4, 0.5) is 17.1 Å². The molecule has 0 aliphatic carbocycles. The van der Waals surface area contributed by atoms with Gasteiger partial charge in [0, 0.05) is 35.3 Å². The number of hydrogen-bond donors (Lipinski definition) is 3. The maximum absolute atomic E-state index is 13.8. The van der Waals surface area contributed by atoms with Crippen molar-refractivity contribution in [1.29, 1.82) is 0 Å². The normalized spacial score (nSPS) is 27.1. The van der Waals surface area contributed by atoms with Crippen molar-refractivity contribution in [2.45, 2.75) is 31.3 Å². The molecular formula is C23H21N5O6. The van der Waals surface area contributed by atoms with Gasteiger partial charge in [0.05, 0.1) is 22.4 Å². The van der Waals surface area contributed by atoms with Crippen LogP contribution in [0.5, 0.6) is 0 Å². The number of primary amides is 1. The number of nitrogens with one attached hydrogen (secondary N) is 2. The van der Waals surface area contributed by atoms with Gasteiger partial charge in [0.2, 0.25) is 23.6 Å². The summed E-state index contributed by atoms with van der Waals surface area (Å²) in [4.78, 5) is 64.0. The molecular weight excluding hydrogens is 442 g/mol. The smallest absolute Gasteiger partial charge is 0.274 e. The van der Waals surface area contributed by atoms with Crippen LogP contribution in [0.1, 0.15) is 24.0 Å². The van der Waals surface area contributed by atoms with E-state index in [0.717, 1.165) is 4.90 Å². The van der Waals surface area contributed by atoms with E-state index < -0.39 is 52.0 Å². The van der Waals surface area contributed by atoms with Gasteiger partial charge in [-0.3, -0.25) is 34.6 Å². The summed E-state index contributed by atoms with van der Waals surface area (Å²) in [5.74, 6) is -4.30. The summed E-state index contributed by atoms with van der Waals surface area (Å²) in [7, 11) is 0. The lowest BCUT2D eigenvalue weighted by atomic mass is 9.76. The van der Waals surface area contributed by atoms with E-state index in [-0.39, 0.29) is 24.2 Å². The number of amides is 4. The summed E-state index contributed by atoms with van der Waals surface area (Å²) in [6.07, 6.45) is 0.103. The molecule has 0 unspecified atom stereocenters. The second kappa shape index (κ2) is 7.45. The standard InChI is InChI=1S/C23H21N5O6/c1-11-6-7-12(10-16(11)28(33)34)27-20(30)18-15(8-9-17(24)29)26-23(19(18)21(27)31)13-4-2-3-5-14(13)25-22(23)32/h2-7,10,15,18-19,26H,8-9H2,1H3,(H2,24,29)(H,25,32)/t15-,18+,19-,23-/m0/s1. The topological polar surface area (TPSA) is 165 Å². The average Bonchev–Trinajstić information content (AvgIpc) is 3.37. The van der Waals surface area contributed by atoms with Crippen molar-refractivity contribution >= 4 is 40.7 Å². The molecule has 11 nitrogen and oxygen atoms in total. The first-order valence-corrected chi connectivity index (χ1v) is 10.8. The number of carbonyl (C=O) groups excluding carboxylic acids is 4. The molecule has 2 aromatic carbocycles. The lowest BCUT2D eigenvalue weighted by Gasteiger charge is -2.29. The number of carbonyl (C=O) groups is 4. The highest BCUT2D eigenvalue weighted by Gasteiger charge is 2.70. The number of imide groups is 1. The molecule has 5 rings (SSSR count). The Morgan fingerprint density at radius 2 is 1.91 bits per heavy atom. The first kappa shape index (κ1) is 21.7. The fraction of sp³-hybridized carbons (Fsp3) is 0.304. The Kier molecular flexibility index (Phi) is 4.76. The monoisotopic (exact) mass is 463 g/mol. The van der Waals surface area contributed by atoms with Gasteiger partial charge in [0.15, 0.2) is 0 Å². The van der Waals surface area contributed by atoms with E-state index in [1.807, 2.05) is 0 Å². The predicted molar refractivity (Wildman–Crippen MR) is 119 cm³/mol. The Morgan fingerprint density at radius 1 is 1.18 bits per heavy atom. The summed E-state index contributed by atoms with van der Waals surface area (Å²) in [5.41, 5.74) is 5.10. The molecule has 0 saturated carbocycles. The van der Waals surface area contributed by atoms with Gasteiger partial charge >= 0.3 is 0 Å². The van der Waals surface area contributed by atoms with Crippen molar-refractivity contribution in [3.8, 4) is 0 Å². The van der Waals surface area contributed by atoms with Gasteiger partial charge in [-0.05, 0) is 25.5 Å². The highest BCUT2D eigenvalue weighted by Crippen LogP contribution is 2.54. The molecule has 174 valence electrons. The number of rotatable bonds is 5. The van der Waals surface area contributed by atoms with E-state index in [1.54, 1.807) is 31.2 Å². The molecule has 34 heavy (non-hydrogen) atoms. The van der Waals surface area contributed by atoms with E-state index in [2.05, 4.69) is 10.6 Å². The van der Waals surface area contributed by atoms with Crippen molar-refractivity contribution in [2.75, 3.05) is 10.2 Å². The lowest BCUT2D eigenvalue weighted by Crippen LogP contribution is -2.53. The first-order chi connectivity index (χ1) is 16.2. The van der Waals surface area contributed by atoms with E-state index in [1.165, 1.54) is 18.2 Å². The second-order valence-electron chi connectivity index (χ2n) is 8.81. The van der Waals surface area contributed by atoms with Crippen LogP contribution in [0.15, 0.2) is 42.5 Å². The van der Waals surface area contributed by atoms with Crippen LogP contribution in [0, 0.1) is 28.9 Å². The van der Waals surface area contributed by atoms with Gasteiger partial charge in [-0.25, -0.2) is 4.90 Å². The van der Waals surface area contributed by atoms with Crippen LogP contribution >= 0.6 is 0 Å². The molecule has 0 bridgehead atoms. The Morgan fingerprint density at radius 3 is 2.62 bits per heavy atom. The number of benzene rings is 2. The average molecular weight is 463 g/mol. The minimum absolute atomic E-state index is 0.0439. The molecule has 1 spiro atoms. The van der Waals surface area contributed by atoms with E-state index in [4.69, 9.17) is 5.73 Å². The highest BCUT2D eigenvalue weighted by atomic mass is 16.6. The number of para-hydroxylation sites is 1. The van der Waals surface area contributed by atoms with Gasteiger partial charge in [0.1, 0.15) is 5.54 Å². The number of nitro benzene ring substituents is 1. The molecule has 11 heteroatoms. The molecule has 4 amide bonds. The third-order valence-corrected chi connectivity index (χ3v) is 6.97. The minimum atomic E-state index is -1.51. The molecule has 4 atom stereocenters. The number of nitrogens with two attached hydrogens (primary N) is 1. The molecule has 3 heterocycles. The highest BCUT2D eigenvalue weighted by molar-refractivity contribution is 6.26. The number of hydrogen-bond acceptors (Lipinski definition) is 7. The number of nitro groups is 1. The van der Waals surface area contributed by atoms with Crippen molar-refractivity contribution in [2.24, 2.45) is 17.6 Å². The van der Waals surface area contributed by atoms with Gasteiger partial charge in [-0.15, -0.1) is 0 Å². The van der Waals surface area contributed by atoms with Gasteiger partial charge in [-0.2, -0.15) is 0 Å². The Balaban J connectivity index is 1.64. The van der Waals surface area contributed by atoms with E-state index >= 15 is 0 Å². The van der Waals surface area contributed by atoms with E-state index in [0.29, 0.717) is 16.8 Å². The third-order valence-electron chi connectivity index (χ3n) is 6.97. The van der Waals surface area contributed by atoms with Gasteiger partial charge in [-0.1, -0.05) is 24.3 Å². The van der Waals surface area contributed by atoms with Gasteiger partial charge < -0.3 is 11.1 Å². The molecule has 4 N–H and O–H groups in total. The zero-order chi connectivity index (χ0) is 24.4.